The number of rotatable bonds is 3. The van der Waals surface area contributed by atoms with Crippen LogP contribution in [0.3, 0.4) is 0 Å². The third-order valence-electron chi connectivity index (χ3n) is 10.6. The van der Waals surface area contributed by atoms with E-state index < -0.39 is 259 Å². The van der Waals surface area contributed by atoms with Crippen molar-refractivity contribution in [3.63, 3.8) is 0 Å². The zero-order chi connectivity index (χ0) is 64.5. The fraction of sp³-hybridized carbons (Fsp3) is 0. The molecule has 0 bridgehead atoms. The summed E-state index contributed by atoms with van der Waals surface area (Å²) in [6.45, 7) is -1.61. The summed E-state index contributed by atoms with van der Waals surface area (Å²) in [6, 6.07) is -23.8. The van der Waals surface area contributed by atoms with Gasteiger partial charge in [-0.05, 0) is 0 Å². The Morgan fingerprint density at radius 1 is 0.407 bits per heavy atom. The zero-order valence-electron chi connectivity index (χ0n) is 59.2. The van der Waals surface area contributed by atoms with Gasteiger partial charge in [-0.2, -0.15) is 0 Å². The summed E-state index contributed by atoms with van der Waals surface area (Å²) in [5.74, 6) is -2.26. The Labute approximate surface area is 387 Å². The molecule has 272 valence electrons. The van der Waals surface area contributed by atoms with Crippen LogP contribution in [-0.4, -0.2) is 25.6 Å². The maximum atomic E-state index is 10.1. The van der Waals surface area contributed by atoms with E-state index in [1.807, 2.05) is 0 Å². The second-order valence-corrected chi connectivity index (χ2v) is 15.7. The van der Waals surface area contributed by atoms with Gasteiger partial charge in [0.2, 0.25) is 0 Å². The molecule has 0 unspecified atom stereocenters. The number of para-hydroxylation sites is 4. The average Bonchev–Trinajstić information content (AvgIpc) is 1.62. The van der Waals surface area contributed by atoms with Crippen molar-refractivity contribution >= 4 is 95.0 Å². The van der Waals surface area contributed by atoms with E-state index in [1.54, 1.807) is 0 Å². The molecular weight excluding hydrogens is 784 g/mol. The first-order chi connectivity index (χ1) is 41.8. The molecule has 2 aliphatic heterocycles. The van der Waals surface area contributed by atoms with Crippen LogP contribution in [0, 0.1) is 0 Å². The molecule has 0 amide bonds. The second-order valence-electron chi connectivity index (χ2n) is 13.6. The van der Waals surface area contributed by atoms with Crippen LogP contribution in [0.4, 0.5) is 0 Å². The summed E-state index contributed by atoms with van der Waals surface area (Å²) in [5.41, 5.74) is -5.58. The van der Waals surface area contributed by atoms with Gasteiger partial charge in [0.1, 0.15) is 0 Å². The van der Waals surface area contributed by atoms with E-state index in [4.69, 9.17) is 31.4 Å². The molecule has 0 atom stereocenters. The molecule has 0 aliphatic carbocycles. The molecule has 5 heteroatoms. The number of fused-ring (bicyclic) bond motifs is 13. The monoisotopic (exact) mass is 845 g/mol. The Kier molecular flexibility index (Phi) is 2.99. The van der Waals surface area contributed by atoms with Gasteiger partial charge in [0.05, 0.1) is 2.74 Å². The topological polar surface area (TPSA) is 22.9 Å². The third-order valence-corrected chi connectivity index (χ3v) is 13.1. The number of aromatic nitrogens is 1. The van der Waals surface area contributed by atoms with E-state index in [-0.39, 0.29) is 73.8 Å². The van der Waals surface area contributed by atoms with Crippen molar-refractivity contribution in [3.8, 4) is 56.4 Å². The standard InChI is InChI=1S/C54H30BNO2Se/c1-5-22-45-37(14-1)41-27-33(28-42-38-15-2-6-23-46(38)56(45)52(41)42)31-12-9-13-32(26-31)35-16-10-18-39-40-19-11-17-36(54(40)59-53(35)39)34-29-49-51-50(30-34)58-48-25-8-4-21-44(48)55(51)43-20-3-7-24-47(43)57-49/h1-30H/i1D,2D,3D,4D,5D,6D,7D,8D,9D,10D,11D,12D,13D,14D,15D,16D,17D,18D,19D,20D,21D,22D,23D,24D,25D,26D,27D,28D,29D,30D. The van der Waals surface area contributed by atoms with Gasteiger partial charge in [0.15, 0.2) is 0 Å². The van der Waals surface area contributed by atoms with Crippen molar-refractivity contribution in [2.24, 2.45) is 0 Å². The Bertz CT molecular complexity index is 5310. The summed E-state index contributed by atoms with van der Waals surface area (Å²) in [5, 5.41) is -2.10. The molecule has 14 rings (SSSR count). The minimum atomic E-state index is -1.61. The summed E-state index contributed by atoms with van der Waals surface area (Å²) in [4.78, 5) is 0. The van der Waals surface area contributed by atoms with E-state index in [2.05, 4.69) is 0 Å². The van der Waals surface area contributed by atoms with Crippen LogP contribution >= 0.6 is 0 Å². The Morgan fingerprint density at radius 2 is 0.915 bits per heavy atom. The fourth-order valence-corrected chi connectivity index (χ4v) is 10.7. The van der Waals surface area contributed by atoms with Crippen LogP contribution in [0.5, 0.6) is 23.0 Å². The van der Waals surface area contributed by atoms with Crippen molar-refractivity contribution in [3.05, 3.63) is 181 Å². The van der Waals surface area contributed by atoms with Crippen molar-refractivity contribution in [2.75, 3.05) is 0 Å². The van der Waals surface area contributed by atoms with Gasteiger partial charge in [-0.15, -0.1) is 0 Å². The van der Waals surface area contributed by atoms with Crippen molar-refractivity contribution in [1.29, 1.82) is 0 Å². The molecule has 5 heterocycles. The molecular formula is C54H30BNO2Se. The molecule has 0 spiro atoms. The Morgan fingerprint density at radius 3 is 1.54 bits per heavy atom. The summed E-state index contributed by atoms with van der Waals surface area (Å²) >= 11 is -1.58. The first-order valence-corrected chi connectivity index (χ1v) is 19.5. The molecule has 0 saturated heterocycles. The van der Waals surface area contributed by atoms with Crippen molar-refractivity contribution in [1.82, 2.24) is 4.40 Å². The van der Waals surface area contributed by atoms with Crippen molar-refractivity contribution < 1.29 is 50.6 Å². The number of ether oxygens (including phenoxy) is 2. The van der Waals surface area contributed by atoms with E-state index in [0.29, 0.717) is 0 Å². The maximum absolute atomic E-state index is 10.1. The Balaban J connectivity index is 1.10. The molecule has 0 saturated carbocycles. The quantitative estimate of drug-likeness (QED) is 0.165. The summed E-state index contributed by atoms with van der Waals surface area (Å²) in [7, 11) is 0. The summed E-state index contributed by atoms with van der Waals surface area (Å²) < 4.78 is 288. The van der Waals surface area contributed by atoms with Crippen LogP contribution in [0.2, 0.25) is 0 Å². The fourth-order valence-electron chi connectivity index (χ4n) is 8.14. The van der Waals surface area contributed by atoms with E-state index >= 15 is 0 Å². The van der Waals surface area contributed by atoms with Crippen LogP contribution in [-0.2, 0) is 0 Å². The molecule has 0 N–H and O–H groups in total. The predicted octanol–water partition coefficient (Wildman–Crippen LogP) is 11.9. The molecule has 0 radical (unpaired) electrons. The summed E-state index contributed by atoms with van der Waals surface area (Å²) in [6.07, 6.45) is 0. The van der Waals surface area contributed by atoms with E-state index in [9.17, 15) is 19.2 Å². The van der Waals surface area contributed by atoms with Crippen LogP contribution < -0.4 is 25.9 Å². The first-order valence-electron chi connectivity index (χ1n) is 32.8. The van der Waals surface area contributed by atoms with E-state index in [0.717, 1.165) is 4.40 Å². The number of benzene rings is 9. The number of hydrogen-bond donors (Lipinski definition) is 0. The molecule has 2 aliphatic rings. The van der Waals surface area contributed by atoms with E-state index in [1.165, 1.54) is 0 Å². The zero-order valence-corrected chi connectivity index (χ0v) is 31.0. The van der Waals surface area contributed by atoms with Crippen LogP contribution in [0.15, 0.2) is 181 Å². The number of nitrogens with zero attached hydrogens (tertiary/aromatic N) is 1. The predicted molar refractivity (Wildman–Crippen MR) is 247 cm³/mol. The van der Waals surface area contributed by atoms with Gasteiger partial charge < -0.3 is 0 Å². The van der Waals surface area contributed by atoms with Gasteiger partial charge in [-0.1, -0.05) is 0 Å². The first kappa shape index (κ1) is 15.0. The minimum absolute atomic E-state index is 0.166. The molecule has 0 fully saturated rings. The average molecular weight is 845 g/mol. The molecule has 59 heavy (non-hydrogen) atoms. The van der Waals surface area contributed by atoms with Gasteiger partial charge in [0.25, 0.3) is 0 Å². The van der Waals surface area contributed by atoms with Crippen LogP contribution in [0.25, 0.3) is 90.8 Å². The Hall–Kier alpha value is -7.04. The molecule has 12 aromatic rings. The third kappa shape index (κ3) is 4.38. The van der Waals surface area contributed by atoms with Gasteiger partial charge in [-0.25, -0.2) is 0 Å². The van der Waals surface area contributed by atoms with Gasteiger partial charge >= 0.3 is 385 Å². The molecule has 3 nitrogen and oxygen atoms in total. The van der Waals surface area contributed by atoms with Gasteiger partial charge in [0, 0.05) is 0 Å². The number of hydrogen-bond acceptors (Lipinski definition) is 2. The SMILES string of the molecule is [2H]c1c([2H])c([2H])c2c(c1[2H])Oc1c([2H])c(-c3c([2H])c([2H])c([2H])c4c3[se]c3c(-c5c([2H])c([2H])c([2H])c(-c6c([2H])c7c8c([2H])c([2H])c([2H])c([2H])c8n8c9c([2H])c([2H])c([2H])c([2H])c9c(c6[2H])c78)c5[2H])c([2H])c([2H])c([2H])c34)c([2H])c3c1B2c1c([2H])c([2H])c([2H])c([2H])c1O3. The van der Waals surface area contributed by atoms with Crippen LogP contribution in [0.1, 0.15) is 41.1 Å². The molecule has 9 aromatic carbocycles. The molecule has 3 aromatic heterocycles. The van der Waals surface area contributed by atoms with Crippen molar-refractivity contribution in [2.45, 2.75) is 0 Å². The second kappa shape index (κ2) is 11.8. The normalized spacial score (nSPS) is 20.1. The van der Waals surface area contributed by atoms with Gasteiger partial charge in [-0.3, -0.25) is 0 Å².